The summed E-state index contributed by atoms with van der Waals surface area (Å²) in [6.45, 7) is 2.02. The molecule has 0 spiro atoms. The fourth-order valence-corrected chi connectivity index (χ4v) is 2.22. The summed E-state index contributed by atoms with van der Waals surface area (Å²) >= 11 is 1.24. The number of esters is 1. The molecule has 0 bridgehead atoms. The Bertz CT molecular complexity index is 647. The van der Waals surface area contributed by atoms with Crippen LogP contribution in [0.5, 0.6) is 0 Å². The molecule has 0 aliphatic rings. The van der Waals surface area contributed by atoms with Gasteiger partial charge in [-0.15, -0.1) is 10.2 Å². The monoisotopic (exact) mass is 331 g/mol. The Balaban J connectivity index is 1.74. The quantitative estimate of drug-likeness (QED) is 0.620. The topological polar surface area (TPSA) is 81.2 Å². The Morgan fingerprint density at radius 3 is 2.57 bits per heavy atom. The van der Waals surface area contributed by atoms with Crippen LogP contribution in [0.2, 0.25) is 0 Å². The lowest BCUT2D eigenvalue weighted by Crippen LogP contribution is -2.11. The van der Waals surface area contributed by atoms with Gasteiger partial charge in [-0.2, -0.15) is 0 Å². The molecular weight excluding hydrogens is 314 g/mol. The van der Waals surface area contributed by atoms with E-state index in [-0.39, 0.29) is 24.2 Å². The van der Waals surface area contributed by atoms with Crippen molar-refractivity contribution in [2.75, 3.05) is 11.1 Å². The van der Waals surface area contributed by atoms with Gasteiger partial charge in [0.15, 0.2) is 5.82 Å². The zero-order valence-corrected chi connectivity index (χ0v) is 13.5. The smallest absolute Gasteiger partial charge is 0.316 e. The lowest BCUT2D eigenvalue weighted by atomic mass is 10.2. The number of hydrogen-bond acceptors (Lipinski definition) is 6. The average molecular weight is 331 g/mol. The molecular formula is C16H17N3O3S. The summed E-state index contributed by atoms with van der Waals surface area (Å²) in [4.78, 5) is 22.9. The first-order valence-corrected chi connectivity index (χ1v) is 8.12. The van der Waals surface area contributed by atoms with Crippen LogP contribution < -0.4 is 5.32 Å². The van der Waals surface area contributed by atoms with E-state index in [1.54, 1.807) is 19.1 Å². The van der Waals surface area contributed by atoms with Crippen molar-refractivity contribution in [2.45, 2.75) is 25.0 Å². The molecule has 0 aliphatic heterocycles. The third-order valence-electron chi connectivity index (χ3n) is 2.81. The van der Waals surface area contributed by atoms with Gasteiger partial charge in [-0.05, 0) is 17.7 Å². The predicted octanol–water partition coefficient (Wildman–Crippen LogP) is 2.66. The van der Waals surface area contributed by atoms with Gasteiger partial charge in [0.2, 0.25) is 5.91 Å². The second-order valence-electron chi connectivity index (χ2n) is 4.59. The molecule has 1 amide bonds. The number of hydrogen-bond donors (Lipinski definition) is 1. The van der Waals surface area contributed by atoms with Gasteiger partial charge in [-0.1, -0.05) is 49.0 Å². The second kappa shape index (κ2) is 8.89. The third kappa shape index (κ3) is 6.07. The van der Waals surface area contributed by atoms with E-state index in [1.807, 2.05) is 30.3 Å². The molecule has 1 N–H and O–H groups in total. The summed E-state index contributed by atoms with van der Waals surface area (Å²) in [6.07, 6.45) is 0.380. The minimum atomic E-state index is -0.316. The summed E-state index contributed by atoms with van der Waals surface area (Å²) in [5.41, 5.74) is 0.946. The highest BCUT2D eigenvalue weighted by atomic mass is 32.2. The zero-order valence-electron chi connectivity index (χ0n) is 12.7. The number of aromatic nitrogens is 2. The van der Waals surface area contributed by atoms with Gasteiger partial charge in [-0.3, -0.25) is 9.59 Å². The summed E-state index contributed by atoms with van der Waals surface area (Å²) in [5.74, 6) is 0.114. The normalized spacial score (nSPS) is 10.1. The van der Waals surface area contributed by atoms with Crippen molar-refractivity contribution in [2.24, 2.45) is 0 Å². The number of ether oxygens (including phenoxy) is 1. The number of nitrogens with zero attached hydrogens (tertiary/aromatic N) is 2. The molecule has 6 nitrogen and oxygen atoms in total. The highest BCUT2D eigenvalue weighted by Gasteiger charge is 2.07. The zero-order chi connectivity index (χ0) is 16.5. The van der Waals surface area contributed by atoms with E-state index in [0.717, 1.165) is 5.56 Å². The molecule has 120 valence electrons. The summed E-state index contributed by atoms with van der Waals surface area (Å²) < 4.78 is 5.18. The van der Waals surface area contributed by atoms with E-state index in [9.17, 15) is 9.59 Å². The molecule has 2 rings (SSSR count). The summed E-state index contributed by atoms with van der Waals surface area (Å²) in [5, 5.41) is 11.0. The van der Waals surface area contributed by atoms with Crippen LogP contribution in [-0.2, 0) is 20.9 Å². The molecule has 0 fully saturated rings. The highest BCUT2D eigenvalue weighted by molar-refractivity contribution is 7.99. The number of benzene rings is 1. The largest absolute Gasteiger partial charge is 0.460 e. The van der Waals surface area contributed by atoms with Gasteiger partial charge in [0.05, 0.1) is 5.75 Å². The second-order valence-corrected chi connectivity index (χ2v) is 5.59. The number of rotatable bonds is 7. The molecule has 1 heterocycles. The molecule has 1 aromatic carbocycles. The summed E-state index contributed by atoms with van der Waals surface area (Å²) in [7, 11) is 0. The minimum absolute atomic E-state index is 0.121. The van der Waals surface area contributed by atoms with E-state index >= 15 is 0 Å². The van der Waals surface area contributed by atoms with Crippen molar-refractivity contribution >= 4 is 29.5 Å². The number of nitrogens with one attached hydrogen (secondary N) is 1. The number of carbonyl (C=O) groups is 2. The van der Waals surface area contributed by atoms with Crippen molar-refractivity contribution in [3.05, 3.63) is 48.0 Å². The Kier molecular flexibility index (Phi) is 6.56. The molecule has 0 radical (unpaired) electrons. The van der Waals surface area contributed by atoms with E-state index < -0.39 is 0 Å². The number of carbonyl (C=O) groups excluding carboxylic acids is 2. The Morgan fingerprint density at radius 2 is 1.91 bits per heavy atom. The predicted molar refractivity (Wildman–Crippen MR) is 87.9 cm³/mol. The van der Waals surface area contributed by atoms with Crippen LogP contribution in [0.15, 0.2) is 47.5 Å². The lowest BCUT2D eigenvalue weighted by molar-refractivity contribution is -0.141. The molecule has 0 unspecified atom stereocenters. The Labute approximate surface area is 138 Å². The van der Waals surface area contributed by atoms with Gasteiger partial charge in [-0.25, -0.2) is 0 Å². The van der Waals surface area contributed by atoms with Gasteiger partial charge < -0.3 is 10.1 Å². The number of thioether (sulfide) groups is 1. The van der Waals surface area contributed by atoms with Crippen molar-refractivity contribution < 1.29 is 14.3 Å². The van der Waals surface area contributed by atoms with Crippen LogP contribution in [0.3, 0.4) is 0 Å². The molecule has 0 saturated heterocycles. The highest BCUT2D eigenvalue weighted by Crippen LogP contribution is 2.16. The lowest BCUT2D eigenvalue weighted by Gasteiger charge is -2.05. The van der Waals surface area contributed by atoms with Crippen LogP contribution in [0, 0.1) is 0 Å². The van der Waals surface area contributed by atoms with Crippen molar-refractivity contribution in [3.63, 3.8) is 0 Å². The standard InChI is InChI=1S/C16H17N3O3S/c1-2-14(20)17-13-8-9-15(19-18-13)23-11-16(21)22-10-12-6-4-3-5-7-12/h3-9H,2,10-11H2,1H3,(H,17,18,20). The molecule has 0 atom stereocenters. The van der Waals surface area contributed by atoms with E-state index in [0.29, 0.717) is 17.3 Å². The summed E-state index contributed by atoms with van der Waals surface area (Å²) in [6, 6.07) is 12.8. The Morgan fingerprint density at radius 1 is 1.13 bits per heavy atom. The van der Waals surface area contributed by atoms with Gasteiger partial charge in [0.25, 0.3) is 0 Å². The first-order chi connectivity index (χ1) is 11.2. The average Bonchev–Trinajstić information content (AvgIpc) is 2.60. The van der Waals surface area contributed by atoms with Crippen molar-refractivity contribution in [3.8, 4) is 0 Å². The SMILES string of the molecule is CCC(=O)Nc1ccc(SCC(=O)OCc2ccccc2)nn1. The van der Waals surface area contributed by atoms with Gasteiger partial charge >= 0.3 is 5.97 Å². The number of amides is 1. The van der Waals surface area contributed by atoms with E-state index in [4.69, 9.17) is 4.74 Å². The maximum atomic E-state index is 11.7. The van der Waals surface area contributed by atoms with Gasteiger partial charge in [0, 0.05) is 6.42 Å². The third-order valence-corrected chi connectivity index (χ3v) is 3.70. The maximum Gasteiger partial charge on any atom is 0.316 e. The fourth-order valence-electron chi connectivity index (χ4n) is 1.61. The maximum absolute atomic E-state index is 11.7. The van der Waals surface area contributed by atoms with Crippen LogP contribution in [0.25, 0.3) is 0 Å². The molecule has 2 aromatic rings. The van der Waals surface area contributed by atoms with Crippen molar-refractivity contribution in [1.82, 2.24) is 10.2 Å². The van der Waals surface area contributed by atoms with Crippen LogP contribution >= 0.6 is 11.8 Å². The van der Waals surface area contributed by atoms with Gasteiger partial charge in [0.1, 0.15) is 11.6 Å². The fraction of sp³-hybridized carbons (Fsp3) is 0.250. The molecule has 0 aliphatic carbocycles. The van der Waals surface area contributed by atoms with Crippen molar-refractivity contribution in [1.29, 1.82) is 0 Å². The van der Waals surface area contributed by atoms with Crippen LogP contribution in [0.4, 0.5) is 5.82 Å². The van der Waals surface area contributed by atoms with E-state index in [1.165, 1.54) is 11.8 Å². The van der Waals surface area contributed by atoms with Crippen LogP contribution in [-0.4, -0.2) is 27.8 Å². The molecule has 23 heavy (non-hydrogen) atoms. The van der Waals surface area contributed by atoms with Crippen LogP contribution in [0.1, 0.15) is 18.9 Å². The first-order valence-electron chi connectivity index (χ1n) is 7.13. The number of anilines is 1. The minimum Gasteiger partial charge on any atom is -0.460 e. The Hall–Kier alpha value is -2.41. The van der Waals surface area contributed by atoms with E-state index in [2.05, 4.69) is 15.5 Å². The molecule has 0 saturated carbocycles. The molecule has 1 aromatic heterocycles. The first kappa shape index (κ1) is 17.0. The molecule has 7 heteroatoms.